The zero-order valence-electron chi connectivity index (χ0n) is 12.7. The smallest absolute Gasteiger partial charge is 0.282 e. The van der Waals surface area contributed by atoms with E-state index in [1.165, 1.54) is 34.9 Å². The molecule has 0 radical (unpaired) electrons. The molecule has 0 aliphatic heterocycles. The number of thiazole rings is 1. The van der Waals surface area contributed by atoms with E-state index in [0.29, 0.717) is 17.7 Å². The SMILES string of the molecule is CCCn1c(=NC(=O)c2ccccc2F)sc2cc(F)cc(F)c21. The Morgan fingerprint density at radius 3 is 2.62 bits per heavy atom. The van der Waals surface area contributed by atoms with Crippen molar-refractivity contribution >= 4 is 27.5 Å². The van der Waals surface area contributed by atoms with Crippen molar-refractivity contribution in [2.45, 2.75) is 19.9 Å². The molecule has 124 valence electrons. The molecule has 0 aliphatic rings. The first-order chi connectivity index (χ1) is 11.5. The second-order valence-electron chi connectivity index (χ2n) is 5.17. The van der Waals surface area contributed by atoms with Gasteiger partial charge in [-0.2, -0.15) is 4.99 Å². The van der Waals surface area contributed by atoms with E-state index in [4.69, 9.17) is 0 Å². The van der Waals surface area contributed by atoms with E-state index >= 15 is 0 Å². The van der Waals surface area contributed by atoms with Gasteiger partial charge in [0.2, 0.25) is 0 Å². The Hall–Kier alpha value is -2.41. The maximum absolute atomic E-state index is 14.1. The molecule has 3 rings (SSSR count). The number of amides is 1. The predicted molar refractivity (Wildman–Crippen MR) is 86.3 cm³/mol. The molecule has 0 aliphatic carbocycles. The van der Waals surface area contributed by atoms with Crippen LogP contribution < -0.4 is 4.80 Å². The van der Waals surface area contributed by atoms with E-state index in [1.54, 1.807) is 0 Å². The Balaban J connectivity index is 2.22. The fourth-order valence-electron chi connectivity index (χ4n) is 2.43. The lowest BCUT2D eigenvalue weighted by Gasteiger charge is -2.03. The molecule has 0 spiro atoms. The fourth-order valence-corrected chi connectivity index (χ4v) is 3.52. The number of halogens is 3. The lowest BCUT2D eigenvalue weighted by molar-refractivity contribution is 0.0994. The number of aryl methyl sites for hydroxylation is 1. The lowest BCUT2D eigenvalue weighted by Crippen LogP contribution is -2.17. The van der Waals surface area contributed by atoms with Crippen LogP contribution in [-0.2, 0) is 6.54 Å². The van der Waals surface area contributed by atoms with E-state index in [0.717, 1.165) is 17.4 Å². The van der Waals surface area contributed by atoms with E-state index < -0.39 is 23.4 Å². The largest absolute Gasteiger partial charge is 0.314 e. The predicted octanol–water partition coefficient (Wildman–Crippen LogP) is 4.27. The summed E-state index contributed by atoms with van der Waals surface area (Å²) in [5, 5.41) is 0. The van der Waals surface area contributed by atoms with E-state index in [-0.39, 0.29) is 15.9 Å². The molecular formula is C17H13F3N2OS. The van der Waals surface area contributed by atoms with Gasteiger partial charge in [0.25, 0.3) is 5.91 Å². The number of hydrogen-bond acceptors (Lipinski definition) is 2. The van der Waals surface area contributed by atoms with Gasteiger partial charge in [-0.15, -0.1) is 0 Å². The molecule has 0 saturated carbocycles. The first kappa shape index (κ1) is 16.4. The first-order valence-corrected chi connectivity index (χ1v) is 8.15. The topological polar surface area (TPSA) is 34.4 Å². The molecule has 24 heavy (non-hydrogen) atoms. The molecule has 0 bridgehead atoms. The molecule has 0 unspecified atom stereocenters. The number of benzene rings is 2. The van der Waals surface area contributed by atoms with Crippen LogP contribution in [0.4, 0.5) is 13.2 Å². The number of aromatic nitrogens is 1. The minimum Gasteiger partial charge on any atom is -0.314 e. The molecule has 3 nitrogen and oxygen atoms in total. The van der Waals surface area contributed by atoms with Crippen LogP contribution in [-0.4, -0.2) is 10.5 Å². The van der Waals surface area contributed by atoms with Gasteiger partial charge in [-0.05, 0) is 24.6 Å². The third kappa shape index (κ3) is 2.99. The third-order valence-electron chi connectivity index (χ3n) is 3.44. The minimum atomic E-state index is -0.759. The quantitative estimate of drug-likeness (QED) is 0.695. The highest BCUT2D eigenvalue weighted by Gasteiger charge is 2.15. The Kier molecular flexibility index (Phi) is 4.53. The van der Waals surface area contributed by atoms with Crippen molar-refractivity contribution in [1.29, 1.82) is 0 Å². The molecule has 0 saturated heterocycles. The molecule has 0 fully saturated rings. The number of nitrogens with zero attached hydrogens (tertiary/aromatic N) is 2. The van der Waals surface area contributed by atoms with Crippen LogP contribution in [0.25, 0.3) is 10.2 Å². The van der Waals surface area contributed by atoms with Gasteiger partial charge in [0.05, 0.1) is 15.8 Å². The van der Waals surface area contributed by atoms with Crippen molar-refractivity contribution in [3.63, 3.8) is 0 Å². The van der Waals surface area contributed by atoms with E-state index in [2.05, 4.69) is 4.99 Å². The summed E-state index contributed by atoms with van der Waals surface area (Å²) in [6.45, 7) is 2.30. The Morgan fingerprint density at radius 2 is 1.92 bits per heavy atom. The van der Waals surface area contributed by atoms with Gasteiger partial charge < -0.3 is 4.57 Å². The van der Waals surface area contributed by atoms with Crippen molar-refractivity contribution in [3.8, 4) is 0 Å². The molecule has 3 aromatic rings. The van der Waals surface area contributed by atoms with Gasteiger partial charge in [-0.1, -0.05) is 30.4 Å². The average molecular weight is 350 g/mol. The Labute approximate surface area is 139 Å². The molecular weight excluding hydrogens is 337 g/mol. The summed E-state index contributed by atoms with van der Waals surface area (Å²) < 4.78 is 43.1. The zero-order valence-corrected chi connectivity index (χ0v) is 13.5. The van der Waals surface area contributed by atoms with Crippen LogP contribution in [0.2, 0.25) is 0 Å². The molecule has 1 heterocycles. The second kappa shape index (κ2) is 6.60. The van der Waals surface area contributed by atoms with Gasteiger partial charge in [0.1, 0.15) is 11.6 Å². The molecule has 1 amide bonds. The van der Waals surface area contributed by atoms with Crippen molar-refractivity contribution < 1.29 is 18.0 Å². The number of fused-ring (bicyclic) bond motifs is 1. The summed E-state index contributed by atoms with van der Waals surface area (Å²) in [7, 11) is 0. The fraction of sp³-hybridized carbons (Fsp3) is 0.176. The number of carbonyl (C=O) groups excluding carboxylic acids is 1. The third-order valence-corrected chi connectivity index (χ3v) is 4.47. The van der Waals surface area contributed by atoms with Gasteiger partial charge >= 0.3 is 0 Å². The molecule has 2 aromatic carbocycles. The summed E-state index contributed by atoms with van der Waals surface area (Å²) in [6.07, 6.45) is 0.670. The van der Waals surface area contributed by atoms with Crippen LogP contribution in [0, 0.1) is 17.5 Å². The average Bonchev–Trinajstić information content (AvgIpc) is 2.85. The lowest BCUT2D eigenvalue weighted by atomic mass is 10.2. The van der Waals surface area contributed by atoms with Gasteiger partial charge in [-0.3, -0.25) is 4.79 Å². The highest BCUT2D eigenvalue weighted by Crippen LogP contribution is 2.22. The zero-order chi connectivity index (χ0) is 17.3. The minimum absolute atomic E-state index is 0.162. The second-order valence-corrected chi connectivity index (χ2v) is 6.18. The van der Waals surface area contributed by atoms with E-state index in [1.807, 2.05) is 6.92 Å². The standard InChI is InChI=1S/C17H13F3N2OS/c1-2-7-22-15-13(20)8-10(18)9-14(15)24-17(22)21-16(23)11-5-3-4-6-12(11)19/h3-6,8-9H,2,7H2,1H3. The molecule has 1 aromatic heterocycles. The molecule has 0 N–H and O–H groups in total. The van der Waals surface area contributed by atoms with Crippen LogP contribution >= 0.6 is 11.3 Å². The van der Waals surface area contributed by atoms with Gasteiger partial charge in [0, 0.05) is 12.6 Å². The Morgan fingerprint density at radius 1 is 1.17 bits per heavy atom. The van der Waals surface area contributed by atoms with Gasteiger partial charge in [0.15, 0.2) is 10.6 Å². The first-order valence-electron chi connectivity index (χ1n) is 7.33. The summed E-state index contributed by atoms with van der Waals surface area (Å²) in [4.78, 5) is 16.4. The van der Waals surface area contributed by atoms with Crippen LogP contribution in [0.5, 0.6) is 0 Å². The highest BCUT2D eigenvalue weighted by atomic mass is 32.1. The van der Waals surface area contributed by atoms with Crippen LogP contribution in [0.3, 0.4) is 0 Å². The summed E-state index contributed by atoms with van der Waals surface area (Å²) in [5.74, 6) is -2.84. The maximum Gasteiger partial charge on any atom is 0.282 e. The van der Waals surface area contributed by atoms with E-state index in [9.17, 15) is 18.0 Å². The maximum atomic E-state index is 14.1. The molecule has 7 heteroatoms. The number of hydrogen-bond donors (Lipinski definition) is 0. The van der Waals surface area contributed by atoms with Crippen molar-refractivity contribution in [2.24, 2.45) is 4.99 Å². The highest BCUT2D eigenvalue weighted by molar-refractivity contribution is 7.16. The van der Waals surface area contributed by atoms with Crippen LogP contribution in [0.1, 0.15) is 23.7 Å². The summed E-state index contributed by atoms with van der Waals surface area (Å²) in [6, 6.07) is 7.50. The van der Waals surface area contributed by atoms with Gasteiger partial charge in [-0.25, -0.2) is 13.2 Å². The number of rotatable bonds is 3. The van der Waals surface area contributed by atoms with Crippen molar-refractivity contribution in [1.82, 2.24) is 4.57 Å². The number of carbonyl (C=O) groups is 1. The Bertz CT molecular complexity index is 991. The monoisotopic (exact) mass is 350 g/mol. The normalized spacial score (nSPS) is 12.1. The van der Waals surface area contributed by atoms with Crippen molar-refractivity contribution in [2.75, 3.05) is 0 Å². The van der Waals surface area contributed by atoms with Crippen molar-refractivity contribution in [3.05, 3.63) is 64.2 Å². The molecule has 0 atom stereocenters. The van der Waals surface area contributed by atoms with Crippen LogP contribution in [0.15, 0.2) is 41.4 Å². The summed E-state index contributed by atoms with van der Waals surface area (Å²) >= 11 is 0.994. The summed E-state index contributed by atoms with van der Waals surface area (Å²) in [5.41, 5.74) is 0.0352.